The van der Waals surface area contributed by atoms with Crippen molar-refractivity contribution < 1.29 is 22.3 Å². The zero-order valence-electron chi connectivity index (χ0n) is 10.2. The fourth-order valence-corrected chi connectivity index (χ4v) is 1.78. The maximum atomic E-state index is 13.8. The van der Waals surface area contributed by atoms with Crippen molar-refractivity contribution in [3.63, 3.8) is 0 Å². The molecule has 0 aromatic heterocycles. The van der Waals surface area contributed by atoms with Crippen LogP contribution in [-0.2, 0) is 0 Å². The second-order valence-electron chi connectivity index (χ2n) is 3.99. The molecule has 104 valence electrons. The molecule has 0 aliphatic carbocycles. The van der Waals surface area contributed by atoms with Crippen molar-refractivity contribution in [3.8, 4) is 16.9 Å². The molecule has 0 N–H and O–H groups in total. The van der Waals surface area contributed by atoms with Crippen LogP contribution in [0.3, 0.4) is 0 Å². The Morgan fingerprint density at radius 1 is 1.00 bits per heavy atom. The van der Waals surface area contributed by atoms with E-state index in [0.29, 0.717) is 5.56 Å². The van der Waals surface area contributed by atoms with Gasteiger partial charge in [0.15, 0.2) is 0 Å². The number of para-hydroxylation sites is 1. The third-order valence-electron chi connectivity index (χ3n) is 2.63. The van der Waals surface area contributed by atoms with Crippen LogP contribution in [0.5, 0.6) is 5.75 Å². The van der Waals surface area contributed by atoms with E-state index in [-0.39, 0.29) is 11.1 Å². The van der Waals surface area contributed by atoms with Crippen molar-refractivity contribution in [2.24, 2.45) is 0 Å². The monoisotopic (exact) mass is 282 g/mol. The van der Waals surface area contributed by atoms with Crippen molar-refractivity contribution >= 4 is 6.08 Å². The lowest BCUT2D eigenvalue weighted by molar-refractivity contribution is -0.274. The minimum Gasteiger partial charge on any atom is -0.405 e. The van der Waals surface area contributed by atoms with Crippen molar-refractivity contribution in [3.05, 3.63) is 60.4 Å². The second kappa shape index (κ2) is 5.36. The molecule has 5 heteroatoms. The lowest BCUT2D eigenvalue weighted by atomic mass is 10.0. The van der Waals surface area contributed by atoms with Gasteiger partial charge < -0.3 is 4.74 Å². The molecule has 2 aromatic carbocycles. The average molecular weight is 282 g/mol. The van der Waals surface area contributed by atoms with Gasteiger partial charge in [0, 0.05) is 11.1 Å². The summed E-state index contributed by atoms with van der Waals surface area (Å²) in [6.45, 7) is 3.54. The van der Waals surface area contributed by atoms with Gasteiger partial charge in [0.05, 0.1) is 0 Å². The Hall–Kier alpha value is -2.30. The highest BCUT2D eigenvalue weighted by Crippen LogP contribution is 2.35. The van der Waals surface area contributed by atoms with Crippen molar-refractivity contribution in [2.75, 3.05) is 0 Å². The van der Waals surface area contributed by atoms with Crippen molar-refractivity contribution in [1.29, 1.82) is 0 Å². The molecule has 0 radical (unpaired) electrons. The van der Waals surface area contributed by atoms with Crippen LogP contribution in [0.25, 0.3) is 17.2 Å². The lowest BCUT2D eigenvalue weighted by Crippen LogP contribution is -2.17. The maximum Gasteiger partial charge on any atom is 0.573 e. The van der Waals surface area contributed by atoms with Gasteiger partial charge in [-0.05, 0) is 23.8 Å². The summed E-state index contributed by atoms with van der Waals surface area (Å²) in [5.74, 6) is -1.08. The van der Waals surface area contributed by atoms with E-state index in [4.69, 9.17) is 0 Å². The summed E-state index contributed by atoms with van der Waals surface area (Å²) < 4.78 is 54.8. The first-order valence-corrected chi connectivity index (χ1v) is 5.68. The van der Waals surface area contributed by atoms with Crippen LogP contribution in [0.4, 0.5) is 17.6 Å². The molecule has 0 saturated carbocycles. The molecule has 0 saturated heterocycles. The molecule has 0 bridgehead atoms. The number of benzene rings is 2. The topological polar surface area (TPSA) is 9.23 Å². The van der Waals surface area contributed by atoms with Crippen molar-refractivity contribution in [1.82, 2.24) is 0 Å². The minimum atomic E-state index is -4.83. The SMILES string of the molecule is C=Cc1ccc(F)c(-c2ccccc2OC(F)(F)F)c1. The van der Waals surface area contributed by atoms with Gasteiger partial charge in [0.1, 0.15) is 11.6 Å². The first-order valence-electron chi connectivity index (χ1n) is 5.68. The molecule has 0 amide bonds. The fraction of sp³-hybridized carbons (Fsp3) is 0.0667. The van der Waals surface area contributed by atoms with Gasteiger partial charge in [-0.1, -0.05) is 36.9 Å². The summed E-state index contributed by atoms with van der Waals surface area (Å²) in [4.78, 5) is 0. The van der Waals surface area contributed by atoms with Gasteiger partial charge in [-0.3, -0.25) is 0 Å². The maximum absolute atomic E-state index is 13.8. The smallest absolute Gasteiger partial charge is 0.405 e. The van der Waals surface area contributed by atoms with Crippen LogP contribution in [0.2, 0.25) is 0 Å². The predicted molar refractivity (Wildman–Crippen MR) is 68.6 cm³/mol. The number of rotatable bonds is 3. The Balaban J connectivity index is 2.55. The van der Waals surface area contributed by atoms with Gasteiger partial charge >= 0.3 is 6.36 Å². The summed E-state index contributed by atoms with van der Waals surface area (Å²) >= 11 is 0. The second-order valence-corrected chi connectivity index (χ2v) is 3.99. The van der Waals surface area contributed by atoms with Gasteiger partial charge in [-0.15, -0.1) is 13.2 Å². The Bertz CT molecular complexity index is 632. The summed E-state index contributed by atoms with van der Waals surface area (Å²) in [5.41, 5.74) is 0.663. The quantitative estimate of drug-likeness (QED) is 0.717. The number of ether oxygens (including phenoxy) is 1. The molecular weight excluding hydrogens is 272 g/mol. The van der Waals surface area contributed by atoms with Crippen LogP contribution in [0.15, 0.2) is 49.0 Å². The van der Waals surface area contributed by atoms with Gasteiger partial charge in [-0.25, -0.2) is 4.39 Å². The summed E-state index contributed by atoms with van der Waals surface area (Å²) in [5, 5.41) is 0. The van der Waals surface area contributed by atoms with E-state index < -0.39 is 17.9 Å². The number of hydrogen-bond donors (Lipinski definition) is 0. The highest BCUT2D eigenvalue weighted by Gasteiger charge is 2.32. The molecular formula is C15H10F4O. The summed E-state index contributed by atoms with van der Waals surface area (Å²) in [6.07, 6.45) is -3.35. The zero-order chi connectivity index (χ0) is 14.8. The highest BCUT2D eigenvalue weighted by molar-refractivity contribution is 5.73. The summed E-state index contributed by atoms with van der Waals surface area (Å²) in [6, 6.07) is 9.49. The summed E-state index contributed by atoms with van der Waals surface area (Å²) in [7, 11) is 0. The third-order valence-corrected chi connectivity index (χ3v) is 2.63. The standard InChI is InChI=1S/C15H10F4O/c1-2-10-7-8-13(16)12(9-10)11-5-3-4-6-14(11)20-15(17,18)19/h2-9H,1H2. The first kappa shape index (κ1) is 14.1. The highest BCUT2D eigenvalue weighted by atomic mass is 19.4. The third kappa shape index (κ3) is 3.17. The molecule has 1 nitrogen and oxygen atoms in total. The normalized spacial score (nSPS) is 11.2. The average Bonchev–Trinajstić information content (AvgIpc) is 2.38. The van der Waals surface area contributed by atoms with E-state index in [1.54, 1.807) is 0 Å². The number of halogens is 4. The molecule has 2 rings (SSSR count). The molecule has 0 heterocycles. The van der Waals surface area contributed by atoms with Crippen LogP contribution in [0.1, 0.15) is 5.56 Å². The van der Waals surface area contributed by atoms with Crippen LogP contribution >= 0.6 is 0 Å². The predicted octanol–water partition coefficient (Wildman–Crippen LogP) is 5.03. The molecule has 0 spiro atoms. The molecule has 2 aromatic rings. The molecule has 0 unspecified atom stereocenters. The van der Waals surface area contributed by atoms with E-state index in [0.717, 1.165) is 6.07 Å². The molecule has 0 aliphatic heterocycles. The minimum absolute atomic E-state index is 0.0299. The largest absolute Gasteiger partial charge is 0.573 e. The Morgan fingerprint density at radius 2 is 1.70 bits per heavy atom. The van der Waals surface area contributed by atoms with E-state index >= 15 is 0 Å². The Labute approximate surface area is 113 Å². The van der Waals surface area contributed by atoms with Crippen LogP contribution in [0, 0.1) is 5.82 Å². The Morgan fingerprint density at radius 3 is 2.35 bits per heavy atom. The zero-order valence-corrected chi connectivity index (χ0v) is 10.2. The molecule has 0 aliphatic rings. The fourth-order valence-electron chi connectivity index (χ4n) is 1.78. The van der Waals surface area contributed by atoms with Gasteiger partial charge in [0.25, 0.3) is 0 Å². The van der Waals surface area contributed by atoms with Gasteiger partial charge in [0.2, 0.25) is 0 Å². The van der Waals surface area contributed by atoms with E-state index in [2.05, 4.69) is 11.3 Å². The van der Waals surface area contributed by atoms with E-state index in [9.17, 15) is 17.6 Å². The molecule has 0 fully saturated rings. The van der Waals surface area contributed by atoms with Crippen LogP contribution in [-0.4, -0.2) is 6.36 Å². The number of hydrogen-bond acceptors (Lipinski definition) is 1. The first-order chi connectivity index (χ1) is 9.40. The van der Waals surface area contributed by atoms with Crippen LogP contribution < -0.4 is 4.74 Å². The van der Waals surface area contributed by atoms with E-state index in [1.807, 2.05) is 0 Å². The van der Waals surface area contributed by atoms with Gasteiger partial charge in [-0.2, -0.15) is 0 Å². The molecule has 20 heavy (non-hydrogen) atoms. The van der Waals surface area contributed by atoms with E-state index in [1.165, 1.54) is 42.5 Å². The molecule has 0 atom stereocenters. The lowest BCUT2D eigenvalue weighted by Gasteiger charge is -2.14. The van der Waals surface area contributed by atoms with Crippen molar-refractivity contribution in [2.45, 2.75) is 6.36 Å². The Kier molecular flexibility index (Phi) is 3.79. The number of alkyl halides is 3.